The van der Waals surface area contributed by atoms with Crippen LogP contribution in [0.15, 0.2) is 35.3 Å². The number of para-hydroxylation sites is 1. The molecule has 2 fully saturated rings. The average Bonchev–Trinajstić information content (AvgIpc) is 2.67. The molecule has 6 heteroatoms. The van der Waals surface area contributed by atoms with Crippen LogP contribution >= 0.6 is 24.0 Å². The highest BCUT2D eigenvalue weighted by Crippen LogP contribution is 2.19. The van der Waals surface area contributed by atoms with Crippen molar-refractivity contribution in [1.29, 1.82) is 0 Å². The van der Waals surface area contributed by atoms with Gasteiger partial charge in [0, 0.05) is 44.5 Å². The van der Waals surface area contributed by atoms with Gasteiger partial charge in [-0.25, -0.2) is 0 Å². The van der Waals surface area contributed by atoms with E-state index in [0.29, 0.717) is 12.0 Å². The van der Waals surface area contributed by atoms with Gasteiger partial charge < -0.3 is 20.4 Å². The van der Waals surface area contributed by atoms with Crippen molar-refractivity contribution >= 4 is 35.6 Å². The van der Waals surface area contributed by atoms with Crippen LogP contribution < -0.4 is 15.5 Å². The van der Waals surface area contributed by atoms with Crippen LogP contribution in [0.3, 0.4) is 0 Å². The lowest BCUT2D eigenvalue weighted by molar-refractivity contribution is 0.214. The maximum atomic E-state index is 4.91. The lowest BCUT2D eigenvalue weighted by atomic mass is 9.99. The molecule has 0 spiro atoms. The van der Waals surface area contributed by atoms with E-state index in [4.69, 9.17) is 4.99 Å². The monoisotopic (exact) mass is 485 g/mol. The van der Waals surface area contributed by atoms with Crippen molar-refractivity contribution in [2.75, 3.05) is 51.2 Å². The van der Waals surface area contributed by atoms with E-state index in [1.54, 1.807) is 0 Å². The van der Waals surface area contributed by atoms with Crippen molar-refractivity contribution in [2.45, 2.75) is 38.6 Å². The molecule has 2 aliphatic rings. The Morgan fingerprint density at radius 2 is 1.89 bits per heavy atom. The van der Waals surface area contributed by atoms with Crippen LogP contribution in [-0.2, 0) is 0 Å². The number of guanidine groups is 1. The van der Waals surface area contributed by atoms with Crippen LogP contribution in [0.4, 0.5) is 5.69 Å². The Kier molecular flexibility index (Phi) is 9.68. The normalized spacial score (nSPS) is 24.2. The number of benzene rings is 1. The number of nitrogens with zero attached hydrogens (tertiary/aromatic N) is 3. The lowest BCUT2D eigenvalue weighted by Crippen LogP contribution is -2.51. The van der Waals surface area contributed by atoms with Gasteiger partial charge in [0.1, 0.15) is 0 Å². The second-order valence-corrected chi connectivity index (χ2v) is 7.76. The fraction of sp³-hybridized carbons (Fsp3) is 0.667. The van der Waals surface area contributed by atoms with E-state index in [1.807, 2.05) is 0 Å². The van der Waals surface area contributed by atoms with Gasteiger partial charge in [0.2, 0.25) is 0 Å². The molecule has 2 N–H and O–H groups in total. The van der Waals surface area contributed by atoms with Crippen LogP contribution in [0.1, 0.15) is 32.6 Å². The number of hydrogen-bond donors (Lipinski definition) is 2. The largest absolute Gasteiger partial charge is 0.369 e. The summed E-state index contributed by atoms with van der Waals surface area (Å²) < 4.78 is 0. The van der Waals surface area contributed by atoms with E-state index < -0.39 is 0 Å². The summed E-state index contributed by atoms with van der Waals surface area (Å²) in [6.45, 7) is 8.57. The Hall–Kier alpha value is -1.02. The second-order valence-electron chi connectivity index (χ2n) is 7.76. The van der Waals surface area contributed by atoms with Gasteiger partial charge in [-0.2, -0.15) is 0 Å². The number of aliphatic imine (C=N–C) groups is 1. The minimum absolute atomic E-state index is 0. The fourth-order valence-electron chi connectivity index (χ4n) is 4.12. The molecule has 0 saturated carbocycles. The first-order chi connectivity index (χ1) is 12.7. The number of piperidine rings is 2. The van der Waals surface area contributed by atoms with Crippen molar-refractivity contribution in [3.8, 4) is 0 Å². The molecule has 2 unspecified atom stereocenters. The first-order valence-corrected chi connectivity index (χ1v) is 10.3. The Bertz CT molecular complexity index is 565. The summed E-state index contributed by atoms with van der Waals surface area (Å²) in [6, 6.07) is 11.2. The molecule has 2 atom stereocenters. The smallest absolute Gasteiger partial charge is 0.191 e. The zero-order valence-electron chi connectivity index (χ0n) is 16.9. The minimum atomic E-state index is 0. The molecule has 0 radical (unpaired) electrons. The lowest BCUT2D eigenvalue weighted by Gasteiger charge is -2.35. The molecule has 2 saturated heterocycles. The van der Waals surface area contributed by atoms with E-state index in [9.17, 15) is 0 Å². The van der Waals surface area contributed by atoms with Crippen molar-refractivity contribution in [1.82, 2.24) is 15.5 Å². The van der Waals surface area contributed by atoms with Crippen LogP contribution in [0, 0.1) is 5.92 Å². The molecular weight excluding hydrogens is 449 g/mol. The summed E-state index contributed by atoms with van der Waals surface area (Å²) in [6.07, 6.45) is 5.03. The first-order valence-electron chi connectivity index (χ1n) is 10.3. The van der Waals surface area contributed by atoms with Gasteiger partial charge in [-0.15, -0.1) is 24.0 Å². The van der Waals surface area contributed by atoms with Gasteiger partial charge in [0.05, 0.1) is 0 Å². The Morgan fingerprint density at radius 3 is 2.63 bits per heavy atom. The third kappa shape index (κ3) is 7.14. The topological polar surface area (TPSA) is 42.9 Å². The molecule has 0 aliphatic carbocycles. The quantitative estimate of drug-likeness (QED) is 0.382. The van der Waals surface area contributed by atoms with E-state index in [0.717, 1.165) is 32.1 Å². The van der Waals surface area contributed by atoms with Crippen LogP contribution in [0.2, 0.25) is 0 Å². The summed E-state index contributed by atoms with van der Waals surface area (Å²) in [5.74, 6) is 1.68. The Balaban J connectivity index is 0.00000261. The number of halogens is 1. The third-order valence-corrected chi connectivity index (χ3v) is 5.46. The summed E-state index contributed by atoms with van der Waals surface area (Å²) in [5.41, 5.74) is 1.33. The maximum absolute atomic E-state index is 4.91. The van der Waals surface area contributed by atoms with Gasteiger partial charge in [-0.05, 0) is 64.3 Å². The van der Waals surface area contributed by atoms with Crippen molar-refractivity contribution in [3.05, 3.63) is 30.3 Å². The van der Waals surface area contributed by atoms with Crippen LogP contribution in [0.25, 0.3) is 0 Å². The fourth-order valence-corrected chi connectivity index (χ4v) is 4.12. The van der Waals surface area contributed by atoms with Crippen molar-refractivity contribution in [3.63, 3.8) is 0 Å². The zero-order valence-corrected chi connectivity index (χ0v) is 19.2. The number of rotatable bonds is 5. The summed E-state index contributed by atoms with van der Waals surface area (Å²) in [4.78, 5) is 9.83. The molecule has 152 valence electrons. The first kappa shape index (κ1) is 22.3. The molecule has 0 amide bonds. The molecular formula is C21H36IN5. The molecule has 2 heterocycles. The number of nitrogens with one attached hydrogen (secondary N) is 2. The van der Waals surface area contributed by atoms with E-state index in [-0.39, 0.29) is 24.0 Å². The van der Waals surface area contributed by atoms with Gasteiger partial charge in [0.15, 0.2) is 5.96 Å². The molecule has 5 nitrogen and oxygen atoms in total. The summed E-state index contributed by atoms with van der Waals surface area (Å²) in [5, 5.41) is 7.13. The predicted molar refractivity (Wildman–Crippen MR) is 126 cm³/mol. The molecule has 1 aromatic carbocycles. The van der Waals surface area contributed by atoms with Crippen LogP contribution in [-0.4, -0.2) is 63.2 Å². The van der Waals surface area contributed by atoms with E-state index >= 15 is 0 Å². The van der Waals surface area contributed by atoms with Crippen molar-refractivity contribution in [2.24, 2.45) is 10.9 Å². The summed E-state index contributed by atoms with van der Waals surface area (Å²) in [7, 11) is 2.22. The maximum Gasteiger partial charge on any atom is 0.191 e. The van der Waals surface area contributed by atoms with Crippen LogP contribution in [0.5, 0.6) is 0 Å². The average molecular weight is 485 g/mol. The highest BCUT2D eigenvalue weighted by molar-refractivity contribution is 14.0. The van der Waals surface area contributed by atoms with Crippen molar-refractivity contribution < 1.29 is 0 Å². The predicted octanol–water partition coefficient (Wildman–Crippen LogP) is 3.17. The third-order valence-electron chi connectivity index (χ3n) is 5.46. The molecule has 0 bridgehead atoms. The van der Waals surface area contributed by atoms with Gasteiger partial charge >= 0.3 is 0 Å². The highest BCUT2D eigenvalue weighted by Gasteiger charge is 2.21. The minimum Gasteiger partial charge on any atom is -0.369 e. The number of hydrogen-bond acceptors (Lipinski definition) is 3. The molecule has 1 aromatic rings. The van der Waals surface area contributed by atoms with Gasteiger partial charge in [0.25, 0.3) is 0 Å². The Labute approximate surface area is 182 Å². The molecule has 2 aliphatic heterocycles. The Morgan fingerprint density at radius 1 is 1.11 bits per heavy atom. The van der Waals surface area contributed by atoms with E-state index in [1.165, 1.54) is 44.5 Å². The molecule has 0 aromatic heterocycles. The summed E-state index contributed by atoms with van der Waals surface area (Å²) >= 11 is 0. The SMILES string of the molecule is CCNC(=NCC1CCCN(C)C1)NC1CCCN(c2ccccc2)C1.I. The van der Waals surface area contributed by atoms with Gasteiger partial charge in [-0.3, -0.25) is 4.99 Å². The van der Waals surface area contributed by atoms with E-state index in [2.05, 4.69) is 64.7 Å². The molecule has 27 heavy (non-hydrogen) atoms. The highest BCUT2D eigenvalue weighted by atomic mass is 127. The van der Waals surface area contributed by atoms with Gasteiger partial charge in [-0.1, -0.05) is 18.2 Å². The standard InChI is InChI=1S/C21H35N5.HI/c1-3-22-21(23-15-18-9-7-13-25(2)16-18)24-19-10-8-14-26(17-19)20-11-5-4-6-12-20;/h4-6,11-12,18-19H,3,7-10,13-17H2,1-2H3,(H2,22,23,24);1H. The number of likely N-dealkylation sites (tertiary alicyclic amines) is 1. The zero-order chi connectivity index (χ0) is 18.2. The number of anilines is 1. The molecule has 3 rings (SSSR count). The second kappa shape index (κ2) is 11.7.